The van der Waals surface area contributed by atoms with E-state index in [0.717, 1.165) is 14.7 Å². The Kier molecular flexibility index (Phi) is 6.56. The van der Waals surface area contributed by atoms with Gasteiger partial charge in [-0.05, 0) is 80.1 Å². The Balaban J connectivity index is 1.33. The number of halogens is 1. The standard InChI is InChI=1S/C29H24FO5S2/c1-29(2,20-11-13-21(30)14-12-20)35-28(31)19-34-22-15-17-23(18-16-22)36-24-7-3-5-9-26(24)37(32,33)27-10-6-4-8-25(27)36/h3-18H,19H2,1-2H3/q+1. The zero-order valence-electron chi connectivity index (χ0n) is 20.2. The van der Waals surface area contributed by atoms with Gasteiger partial charge in [-0.2, -0.15) is 0 Å². The van der Waals surface area contributed by atoms with Crippen LogP contribution in [0, 0.1) is 5.82 Å². The smallest absolute Gasteiger partial charge is 0.345 e. The Morgan fingerprint density at radius 3 is 1.92 bits per heavy atom. The van der Waals surface area contributed by atoms with Gasteiger partial charge in [-0.15, -0.1) is 0 Å². The van der Waals surface area contributed by atoms with Crippen LogP contribution in [0.5, 0.6) is 5.75 Å². The van der Waals surface area contributed by atoms with Gasteiger partial charge in [0.15, 0.2) is 21.3 Å². The number of hydrogen-bond donors (Lipinski definition) is 0. The molecule has 0 spiro atoms. The van der Waals surface area contributed by atoms with Crippen LogP contribution in [0.4, 0.5) is 4.39 Å². The van der Waals surface area contributed by atoms with Gasteiger partial charge in [0.1, 0.15) is 37.9 Å². The van der Waals surface area contributed by atoms with Crippen molar-refractivity contribution in [3.63, 3.8) is 0 Å². The van der Waals surface area contributed by atoms with Gasteiger partial charge in [-0.25, -0.2) is 17.6 Å². The molecule has 0 saturated carbocycles. The zero-order chi connectivity index (χ0) is 26.2. The summed E-state index contributed by atoms with van der Waals surface area (Å²) >= 11 is 0. The second kappa shape index (κ2) is 9.68. The first kappa shape index (κ1) is 25.0. The molecule has 0 radical (unpaired) electrons. The lowest BCUT2D eigenvalue weighted by atomic mass is 9.98. The van der Waals surface area contributed by atoms with Crippen LogP contribution in [0.2, 0.25) is 0 Å². The number of carbonyl (C=O) groups is 1. The van der Waals surface area contributed by atoms with Gasteiger partial charge in [0.25, 0.3) is 0 Å². The summed E-state index contributed by atoms with van der Waals surface area (Å²) in [5, 5.41) is 0. The van der Waals surface area contributed by atoms with Crippen molar-refractivity contribution in [1.29, 1.82) is 0 Å². The minimum atomic E-state index is -3.59. The maximum absolute atomic E-state index is 13.2. The molecule has 5 rings (SSSR count). The summed E-state index contributed by atoms with van der Waals surface area (Å²) in [6, 6.07) is 27.3. The summed E-state index contributed by atoms with van der Waals surface area (Å²) in [6.45, 7) is 3.17. The quantitative estimate of drug-likeness (QED) is 0.199. The van der Waals surface area contributed by atoms with E-state index in [-0.39, 0.29) is 12.4 Å². The molecular formula is C29H24FO5S2+. The number of esters is 1. The second-order valence-electron chi connectivity index (χ2n) is 8.95. The van der Waals surface area contributed by atoms with E-state index in [1.54, 1.807) is 62.4 Å². The molecule has 0 bridgehead atoms. The highest BCUT2D eigenvalue weighted by Gasteiger charge is 2.44. The number of sulfone groups is 1. The van der Waals surface area contributed by atoms with Crippen molar-refractivity contribution in [3.05, 3.63) is 108 Å². The highest BCUT2D eigenvalue weighted by molar-refractivity contribution is 8.00. The minimum Gasteiger partial charge on any atom is -0.482 e. The number of benzene rings is 4. The van der Waals surface area contributed by atoms with E-state index in [2.05, 4.69) is 0 Å². The SMILES string of the molecule is CC(C)(OC(=O)COc1ccc([S+]2c3ccccc3S(=O)(=O)c3ccccc32)cc1)c1ccc(F)cc1. The number of ether oxygens (including phenoxy) is 2. The van der Waals surface area contributed by atoms with E-state index in [1.165, 1.54) is 12.1 Å². The van der Waals surface area contributed by atoms with Crippen LogP contribution in [-0.4, -0.2) is 21.0 Å². The van der Waals surface area contributed by atoms with Crippen LogP contribution in [0.15, 0.2) is 122 Å². The molecule has 0 N–H and O–H groups in total. The fourth-order valence-corrected chi connectivity index (χ4v) is 8.91. The third-order valence-corrected chi connectivity index (χ3v) is 10.5. The van der Waals surface area contributed by atoms with Gasteiger partial charge >= 0.3 is 5.97 Å². The second-order valence-corrected chi connectivity index (χ2v) is 12.8. The third-order valence-electron chi connectivity index (χ3n) is 6.04. The molecule has 0 unspecified atom stereocenters. The predicted octanol–water partition coefficient (Wildman–Crippen LogP) is 5.92. The molecular weight excluding hydrogens is 511 g/mol. The highest BCUT2D eigenvalue weighted by Crippen LogP contribution is 2.44. The molecule has 0 fully saturated rings. The van der Waals surface area contributed by atoms with Crippen LogP contribution < -0.4 is 4.74 Å². The Labute approximate surface area is 218 Å². The number of fused-ring (bicyclic) bond motifs is 2. The average molecular weight is 536 g/mol. The molecule has 0 aliphatic carbocycles. The summed E-state index contributed by atoms with van der Waals surface area (Å²) in [4.78, 5) is 15.5. The summed E-state index contributed by atoms with van der Waals surface area (Å²) in [5.74, 6) is -0.434. The van der Waals surface area contributed by atoms with E-state index in [0.29, 0.717) is 21.1 Å². The van der Waals surface area contributed by atoms with Gasteiger partial charge in [-0.3, -0.25) is 0 Å². The minimum absolute atomic E-state index is 0.292. The van der Waals surface area contributed by atoms with E-state index in [4.69, 9.17) is 9.47 Å². The normalized spacial score (nSPS) is 14.4. The largest absolute Gasteiger partial charge is 0.482 e. The van der Waals surface area contributed by atoms with Crippen molar-refractivity contribution in [2.75, 3.05) is 6.61 Å². The van der Waals surface area contributed by atoms with Gasteiger partial charge < -0.3 is 9.47 Å². The number of carbonyl (C=O) groups excluding carboxylic acids is 1. The topological polar surface area (TPSA) is 69.7 Å². The molecule has 1 aliphatic rings. The van der Waals surface area contributed by atoms with Crippen molar-refractivity contribution in [1.82, 2.24) is 0 Å². The monoisotopic (exact) mass is 535 g/mol. The Morgan fingerprint density at radius 2 is 1.35 bits per heavy atom. The van der Waals surface area contributed by atoms with E-state index in [9.17, 15) is 17.6 Å². The van der Waals surface area contributed by atoms with E-state index >= 15 is 0 Å². The maximum atomic E-state index is 13.2. The van der Waals surface area contributed by atoms with Gasteiger partial charge in [0.2, 0.25) is 9.84 Å². The summed E-state index contributed by atoms with van der Waals surface area (Å²) in [5.41, 5.74) is -0.274. The zero-order valence-corrected chi connectivity index (χ0v) is 21.8. The number of hydrogen-bond acceptors (Lipinski definition) is 5. The summed E-state index contributed by atoms with van der Waals surface area (Å²) in [7, 11) is -4.21. The molecule has 37 heavy (non-hydrogen) atoms. The van der Waals surface area contributed by atoms with Crippen molar-refractivity contribution < 1.29 is 27.1 Å². The molecule has 0 amide bonds. The fraction of sp³-hybridized carbons (Fsp3) is 0.138. The molecule has 8 heteroatoms. The lowest BCUT2D eigenvalue weighted by Gasteiger charge is -2.25. The van der Waals surface area contributed by atoms with Crippen molar-refractivity contribution in [2.24, 2.45) is 0 Å². The van der Waals surface area contributed by atoms with Crippen molar-refractivity contribution >= 4 is 26.7 Å². The molecule has 1 aliphatic heterocycles. The predicted molar refractivity (Wildman–Crippen MR) is 138 cm³/mol. The summed E-state index contributed by atoms with van der Waals surface area (Å²) in [6.07, 6.45) is 0. The molecule has 0 aromatic heterocycles. The molecule has 1 heterocycles. The third kappa shape index (κ3) is 4.86. The highest BCUT2D eigenvalue weighted by atomic mass is 32.2. The molecule has 4 aromatic carbocycles. The van der Waals surface area contributed by atoms with E-state index < -0.39 is 32.3 Å². The van der Waals surface area contributed by atoms with Gasteiger partial charge in [0, 0.05) is 0 Å². The lowest BCUT2D eigenvalue weighted by molar-refractivity contribution is -0.159. The fourth-order valence-electron chi connectivity index (χ4n) is 4.21. The Hall–Kier alpha value is -3.62. The first-order chi connectivity index (χ1) is 17.7. The Morgan fingerprint density at radius 1 is 0.811 bits per heavy atom. The Bertz CT molecular complexity index is 1510. The molecule has 5 nitrogen and oxygen atoms in total. The molecule has 4 aromatic rings. The van der Waals surface area contributed by atoms with Crippen LogP contribution in [-0.2, 0) is 35.9 Å². The molecule has 0 atom stereocenters. The summed E-state index contributed by atoms with van der Waals surface area (Å²) < 4.78 is 50.8. The average Bonchev–Trinajstić information content (AvgIpc) is 2.88. The molecule has 0 saturated heterocycles. The first-order valence-electron chi connectivity index (χ1n) is 11.5. The van der Waals surface area contributed by atoms with Gasteiger partial charge in [0.05, 0.1) is 0 Å². The van der Waals surface area contributed by atoms with E-state index in [1.807, 2.05) is 36.4 Å². The van der Waals surface area contributed by atoms with Crippen LogP contribution in [0.1, 0.15) is 19.4 Å². The lowest BCUT2D eigenvalue weighted by Crippen LogP contribution is -2.28. The maximum Gasteiger partial charge on any atom is 0.345 e. The van der Waals surface area contributed by atoms with Gasteiger partial charge in [-0.1, -0.05) is 36.4 Å². The van der Waals surface area contributed by atoms with Crippen LogP contribution in [0.25, 0.3) is 0 Å². The van der Waals surface area contributed by atoms with Crippen LogP contribution >= 0.6 is 0 Å². The first-order valence-corrected chi connectivity index (χ1v) is 14.3. The van der Waals surface area contributed by atoms with Crippen molar-refractivity contribution in [3.8, 4) is 5.75 Å². The molecule has 188 valence electrons. The van der Waals surface area contributed by atoms with Crippen LogP contribution in [0.3, 0.4) is 0 Å². The van der Waals surface area contributed by atoms with Crippen molar-refractivity contribution in [2.45, 2.75) is 43.9 Å². The number of rotatable bonds is 6.